The minimum absolute atomic E-state index is 0.000736. The predicted octanol–water partition coefficient (Wildman–Crippen LogP) is 7.49. The number of aliphatic hydroxyl groups excluding tert-OH is 1. The van der Waals surface area contributed by atoms with Crippen LogP contribution in [-0.4, -0.2) is 24.3 Å². The Balaban J connectivity index is 1.56. The number of esters is 1. The zero-order chi connectivity index (χ0) is 25.1. The van der Waals surface area contributed by atoms with Crippen molar-refractivity contribution in [2.75, 3.05) is 7.11 Å². The Morgan fingerprint density at radius 2 is 1.85 bits per heavy atom. The number of carbonyl (C=O) groups is 1. The molecule has 0 saturated heterocycles. The highest BCUT2D eigenvalue weighted by Gasteiger charge is 2.65. The molecule has 0 aromatic heterocycles. The maximum Gasteiger partial charge on any atom is 0.333 e. The monoisotopic (exact) mass is 470 g/mol. The van der Waals surface area contributed by atoms with E-state index in [1.807, 2.05) is 6.92 Å². The Hall–Kier alpha value is -1.09. The van der Waals surface area contributed by atoms with E-state index in [1.165, 1.54) is 39.2 Å². The second-order valence-electron chi connectivity index (χ2n) is 13.7. The fraction of sp³-hybridized carbons (Fsp3) is 0.839. The molecular weight excluding hydrogens is 420 g/mol. The van der Waals surface area contributed by atoms with Crippen LogP contribution in [0.5, 0.6) is 0 Å². The summed E-state index contributed by atoms with van der Waals surface area (Å²) in [7, 11) is 1.46. The maximum absolute atomic E-state index is 11.7. The van der Waals surface area contributed by atoms with E-state index in [0.29, 0.717) is 34.0 Å². The fourth-order valence-electron chi connectivity index (χ4n) is 9.66. The van der Waals surface area contributed by atoms with Gasteiger partial charge in [0.25, 0.3) is 0 Å². The first-order valence-corrected chi connectivity index (χ1v) is 14.0. The zero-order valence-corrected chi connectivity index (χ0v) is 23.2. The van der Waals surface area contributed by atoms with Crippen LogP contribution in [0, 0.1) is 45.3 Å². The number of hydrogen-bond donors (Lipinski definition) is 1. The van der Waals surface area contributed by atoms with Crippen molar-refractivity contribution in [1.29, 1.82) is 0 Å². The van der Waals surface area contributed by atoms with Crippen molar-refractivity contribution in [3.05, 3.63) is 23.3 Å². The van der Waals surface area contributed by atoms with Crippen LogP contribution >= 0.6 is 0 Å². The molecule has 0 bridgehead atoms. The smallest absolute Gasteiger partial charge is 0.333 e. The van der Waals surface area contributed by atoms with Gasteiger partial charge in [-0.2, -0.15) is 0 Å². The highest BCUT2D eigenvalue weighted by molar-refractivity contribution is 5.87. The maximum atomic E-state index is 11.7. The van der Waals surface area contributed by atoms with E-state index < -0.39 is 0 Å². The molecule has 3 heteroatoms. The molecule has 0 aliphatic heterocycles. The molecule has 3 saturated carbocycles. The van der Waals surface area contributed by atoms with E-state index in [0.717, 1.165) is 37.2 Å². The largest absolute Gasteiger partial charge is 0.466 e. The zero-order valence-electron chi connectivity index (χ0n) is 23.2. The van der Waals surface area contributed by atoms with Crippen LogP contribution in [0.1, 0.15) is 106 Å². The molecule has 1 N–H and O–H groups in total. The van der Waals surface area contributed by atoms with Crippen LogP contribution in [0.2, 0.25) is 0 Å². The SMILES string of the molecule is COC(=O)/C(C)=C\CCC(C)[C@@H]1CC[C@]2(C)C3=CCC4C(C)(C)C(O)CC[C@]4(C)C3CC[C@@]12C. The van der Waals surface area contributed by atoms with E-state index in [-0.39, 0.29) is 17.5 Å². The van der Waals surface area contributed by atoms with E-state index in [9.17, 15) is 9.90 Å². The van der Waals surface area contributed by atoms with E-state index in [1.54, 1.807) is 5.57 Å². The highest BCUT2D eigenvalue weighted by Crippen LogP contribution is 2.73. The van der Waals surface area contributed by atoms with Gasteiger partial charge in [-0.3, -0.25) is 0 Å². The minimum atomic E-state index is -0.208. The molecule has 0 amide bonds. The minimum Gasteiger partial charge on any atom is -0.466 e. The van der Waals surface area contributed by atoms with Crippen LogP contribution in [0.3, 0.4) is 0 Å². The molecular formula is C31H50O3. The molecule has 4 unspecified atom stereocenters. The van der Waals surface area contributed by atoms with Crippen LogP contribution in [0.4, 0.5) is 0 Å². The van der Waals surface area contributed by atoms with Gasteiger partial charge in [0.05, 0.1) is 13.2 Å². The second-order valence-corrected chi connectivity index (χ2v) is 13.7. The lowest BCUT2D eigenvalue weighted by Crippen LogP contribution is -2.58. The quantitative estimate of drug-likeness (QED) is 0.257. The lowest BCUT2D eigenvalue weighted by molar-refractivity contribution is -0.136. The summed E-state index contributed by atoms with van der Waals surface area (Å²) in [6.45, 7) is 16.7. The van der Waals surface area contributed by atoms with Gasteiger partial charge in [-0.1, -0.05) is 59.3 Å². The molecule has 0 aromatic carbocycles. The van der Waals surface area contributed by atoms with Gasteiger partial charge < -0.3 is 9.84 Å². The van der Waals surface area contributed by atoms with Crippen molar-refractivity contribution in [2.45, 2.75) is 112 Å². The van der Waals surface area contributed by atoms with Gasteiger partial charge in [-0.15, -0.1) is 0 Å². The summed E-state index contributed by atoms with van der Waals surface area (Å²) >= 11 is 0. The number of carbonyl (C=O) groups excluding carboxylic acids is 1. The van der Waals surface area contributed by atoms with Crippen molar-refractivity contribution in [3.63, 3.8) is 0 Å². The van der Waals surface area contributed by atoms with Crippen LogP contribution in [0.25, 0.3) is 0 Å². The van der Waals surface area contributed by atoms with Crippen molar-refractivity contribution in [2.24, 2.45) is 45.3 Å². The molecule has 3 fully saturated rings. The van der Waals surface area contributed by atoms with Gasteiger partial charge in [-0.05, 0) is 110 Å². The Bertz CT molecular complexity index is 868. The first kappa shape index (κ1) is 26.0. The van der Waals surface area contributed by atoms with Gasteiger partial charge in [0.15, 0.2) is 0 Å². The lowest BCUT2D eigenvalue weighted by Gasteiger charge is -2.64. The molecule has 4 rings (SSSR count). The van der Waals surface area contributed by atoms with Crippen LogP contribution < -0.4 is 0 Å². The van der Waals surface area contributed by atoms with E-state index in [4.69, 9.17) is 4.74 Å². The summed E-state index contributed by atoms with van der Waals surface area (Å²) in [5.41, 5.74) is 3.47. The third kappa shape index (κ3) is 3.66. The van der Waals surface area contributed by atoms with Crippen LogP contribution in [0.15, 0.2) is 23.3 Å². The van der Waals surface area contributed by atoms with Gasteiger partial charge in [0, 0.05) is 5.57 Å². The first-order valence-electron chi connectivity index (χ1n) is 14.0. The number of methoxy groups -OCH3 is 1. The topological polar surface area (TPSA) is 46.5 Å². The average Bonchev–Trinajstić information content (AvgIpc) is 3.07. The Labute approximate surface area is 208 Å². The summed E-state index contributed by atoms with van der Waals surface area (Å²) < 4.78 is 4.86. The molecule has 0 spiro atoms. The Morgan fingerprint density at radius 1 is 1.15 bits per heavy atom. The molecule has 0 aromatic rings. The number of hydrogen-bond acceptors (Lipinski definition) is 3. The van der Waals surface area contributed by atoms with Crippen molar-refractivity contribution in [3.8, 4) is 0 Å². The third-order valence-corrected chi connectivity index (χ3v) is 12.1. The summed E-state index contributed by atoms with van der Waals surface area (Å²) in [6, 6.07) is 0. The van der Waals surface area contributed by atoms with E-state index >= 15 is 0 Å². The third-order valence-electron chi connectivity index (χ3n) is 12.1. The van der Waals surface area contributed by atoms with Gasteiger partial charge >= 0.3 is 5.97 Å². The van der Waals surface area contributed by atoms with Crippen molar-refractivity contribution < 1.29 is 14.6 Å². The summed E-state index contributed by atoms with van der Waals surface area (Å²) in [5.74, 6) is 2.44. The average molecular weight is 471 g/mol. The standard InChI is InChI=1S/C31H50O3/c1-20(10-9-11-21(2)27(33)34-8)22-14-18-31(7)24-12-13-25-28(3,4)26(32)16-17-29(25,5)23(24)15-19-30(22,31)6/h11-12,20,22-23,25-26,32H,9-10,13-19H2,1-8H3/b21-11-/t20?,22-,23?,25?,26?,29+,30-,31+/m0/s1. The van der Waals surface area contributed by atoms with E-state index in [2.05, 4.69) is 53.7 Å². The number of ether oxygens (including phenoxy) is 1. The molecule has 0 heterocycles. The van der Waals surface area contributed by atoms with Crippen molar-refractivity contribution >= 4 is 5.97 Å². The summed E-state index contributed by atoms with van der Waals surface area (Å²) in [6.07, 6.45) is 15.2. The molecule has 4 aliphatic carbocycles. The van der Waals surface area contributed by atoms with Crippen LogP contribution in [-0.2, 0) is 9.53 Å². The molecule has 34 heavy (non-hydrogen) atoms. The predicted molar refractivity (Wildman–Crippen MR) is 139 cm³/mol. The first-order chi connectivity index (χ1) is 15.8. The number of fused-ring (bicyclic) bond motifs is 5. The van der Waals surface area contributed by atoms with Crippen molar-refractivity contribution in [1.82, 2.24) is 0 Å². The van der Waals surface area contributed by atoms with Gasteiger partial charge in [-0.25, -0.2) is 4.79 Å². The molecule has 3 nitrogen and oxygen atoms in total. The normalized spacial score (nSPS) is 44.4. The molecule has 8 atom stereocenters. The number of rotatable bonds is 5. The highest BCUT2D eigenvalue weighted by atomic mass is 16.5. The van der Waals surface area contributed by atoms with Gasteiger partial charge in [0.1, 0.15) is 0 Å². The number of allylic oxidation sites excluding steroid dienone is 3. The number of aliphatic hydroxyl groups is 1. The Morgan fingerprint density at radius 3 is 2.53 bits per heavy atom. The molecule has 0 radical (unpaired) electrons. The summed E-state index contributed by atoms with van der Waals surface area (Å²) in [4.78, 5) is 11.7. The molecule has 192 valence electrons. The lowest BCUT2D eigenvalue weighted by atomic mass is 9.41. The van der Waals surface area contributed by atoms with Gasteiger partial charge in [0.2, 0.25) is 0 Å². The summed E-state index contributed by atoms with van der Waals surface area (Å²) in [5, 5.41) is 10.8. The fourth-order valence-corrected chi connectivity index (χ4v) is 9.66. The Kier molecular flexibility index (Phi) is 6.71. The second kappa shape index (κ2) is 8.79. The molecule has 4 aliphatic rings.